The van der Waals surface area contributed by atoms with Crippen LogP contribution in [0.1, 0.15) is 62.7 Å². The number of nitrogens with two attached hydrogens (primary N) is 1. The molecule has 0 radical (unpaired) electrons. The first-order valence-corrected chi connectivity index (χ1v) is 10.6. The Morgan fingerprint density at radius 3 is 2.59 bits per heavy atom. The minimum absolute atomic E-state index is 0.0292. The van der Waals surface area contributed by atoms with Crippen molar-refractivity contribution in [2.24, 2.45) is 5.92 Å². The molecule has 8 nitrogen and oxygen atoms in total. The molecule has 1 aromatic rings. The zero-order valence-electron chi connectivity index (χ0n) is 17.1. The van der Waals surface area contributed by atoms with Crippen LogP contribution < -0.4 is 16.6 Å². The van der Waals surface area contributed by atoms with Crippen LogP contribution in [0.4, 0.5) is 5.82 Å². The molecule has 2 heterocycles. The van der Waals surface area contributed by atoms with Gasteiger partial charge in [0.05, 0.1) is 5.02 Å². The molecule has 1 aliphatic heterocycles. The molecule has 2 rings (SSSR count). The van der Waals surface area contributed by atoms with Crippen molar-refractivity contribution in [2.45, 2.75) is 57.9 Å². The van der Waals surface area contributed by atoms with Gasteiger partial charge >= 0.3 is 5.97 Å². The Labute approximate surface area is 175 Å². The Morgan fingerprint density at radius 2 is 2.03 bits per heavy atom. The van der Waals surface area contributed by atoms with Crippen molar-refractivity contribution in [3.63, 3.8) is 0 Å². The van der Waals surface area contributed by atoms with Gasteiger partial charge in [-0.15, -0.1) is 0 Å². The molecule has 1 aromatic heterocycles. The Bertz CT molecular complexity index is 789. The minimum Gasteiger partial charge on any atom is -0.480 e. The van der Waals surface area contributed by atoms with Crippen LogP contribution in [-0.2, 0) is 4.79 Å². The van der Waals surface area contributed by atoms with Crippen molar-refractivity contribution in [3.05, 3.63) is 27.0 Å². The van der Waals surface area contributed by atoms with Crippen LogP contribution in [0.5, 0.6) is 0 Å². The number of piperidine rings is 1. The lowest BCUT2D eigenvalue weighted by molar-refractivity contribution is -0.154. The number of carboxylic acids is 1. The Balaban J connectivity index is 1.94. The van der Waals surface area contributed by atoms with Gasteiger partial charge in [-0.2, -0.15) is 0 Å². The number of halogens is 1. The topological polar surface area (TPSA) is 129 Å². The molecule has 162 valence electrons. The number of nitrogen functional groups attached to an aromatic ring is 1. The predicted octanol–water partition coefficient (Wildman–Crippen LogP) is 2.48. The fraction of sp³-hybridized carbons (Fsp3) is 0.650. The van der Waals surface area contributed by atoms with Gasteiger partial charge in [-0.05, 0) is 50.8 Å². The number of pyridine rings is 1. The van der Waals surface area contributed by atoms with Crippen molar-refractivity contribution >= 4 is 29.3 Å². The molecular formula is C20H31ClN4O4. The van der Waals surface area contributed by atoms with Crippen LogP contribution in [-0.4, -0.2) is 52.0 Å². The molecule has 0 bridgehead atoms. The van der Waals surface area contributed by atoms with Crippen molar-refractivity contribution < 1.29 is 14.7 Å². The standard InChI is InChI=1S/C20H31ClN4O4/c1-3-5-8-20(4-2,19(28)29)25-9-6-13(7-10-25)12-23-17(26)14-11-15(21)16(22)24-18(14)27/h11,13H,3-10,12H2,1-2H3,(H,23,26)(H,28,29)(H3,22,24,27). The fourth-order valence-corrected chi connectivity index (χ4v) is 4.16. The van der Waals surface area contributed by atoms with Crippen LogP contribution in [0.2, 0.25) is 5.02 Å². The van der Waals surface area contributed by atoms with E-state index >= 15 is 0 Å². The largest absolute Gasteiger partial charge is 0.480 e. The summed E-state index contributed by atoms with van der Waals surface area (Å²) in [4.78, 5) is 40.7. The molecule has 0 aliphatic carbocycles. The molecule has 1 saturated heterocycles. The minimum atomic E-state index is -0.807. The van der Waals surface area contributed by atoms with E-state index in [1.54, 1.807) is 0 Å². The number of carbonyl (C=O) groups is 2. The van der Waals surface area contributed by atoms with Crippen LogP contribution in [0, 0.1) is 5.92 Å². The van der Waals surface area contributed by atoms with Gasteiger partial charge in [0.25, 0.3) is 11.5 Å². The molecule has 1 fully saturated rings. The third-order valence-corrected chi connectivity index (χ3v) is 6.28. The summed E-state index contributed by atoms with van der Waals surface area (Å²) in [5, 5.41) is 12.8. The number of unbranched alkanes of at least 4 members (excludes halogenated alkanes) is 1. The average Bonchev–Trinajstić information content (AvgIpc) is 2.70. The van der Waals surface area contributed by atoms with Crippen LogP contribution >= 0.6 is 11.6 Å². The summed E-state index contributed by atoms with van der Waals surface area (Å²) in [6.45, 7) is 5.79. The zero-order valence-corrected chi connectivity index (χ0v) is 17.8. The van der Waals surface area contributed by atoms with Crippen molar-refractivity contribution in [2.75, 3.05) is 25.4 Å². The second-order valence-electron chi connectivity index (χ2n) is 7.71. The highest BCUT2D eigenvalue weighted by molar-refractivity contribution is 6.33. The molecule has 0 saturated carbocycles. The smallest absolute Gasteiger partial charge is 0.324 e. The van der Waals surface area contributed by atoms with E-state index in [0.29, 0.717) is 32.5 Å². The summed E-state index contributed by atoms with van der Waals surface area (Å²) >= 11 is 5.88. The van der Waals surface area contributed by atoms with Crippen molar-refractivity contribution in [1.29, 1.82) is 0 Å². The lowest BCUT2D eigenvalue weighted by Crippen LogP contribution is -2.57. The summed E-state index contributed by atoms with van der Waals surface area (Å²) < 4.78 is 0. The van der Waals surface area contributed by atoms with Crippen LogP contribution in [0.15, 0.2) is 10.9 Å². The van der Waals surface area contributed by atoms with Crippen molar-refractivity contribution in [1.82, 2.24) is 15.2 Å². The monoisotopic (exact) mass is 426 g/mol. The van der Waals surface area contributed by atoms with Crippen LogP contribution in [0.3, 0.4) is 0 Å². The van der Waals surface area contributed by atoms with E-state index in [1.807, 2.05) is 6.92 Å². The SMILES string of the molecule is CCCCC(CC)(C(=O)O)N1CCC(CNC(=O)c2cc(Cl)c(N)[nH]c2=O)CC1. The second-order valence-corrected chi connectivity index (χ2v) is 8.12. The van der Waals surface area contributed by atoms with Crippen LogP contribution in [0.25, 0.3) is 0 Å². The predicted molar refractivity (Wildman–Crippen MR) is 113 cm³/mol. The van der Waals surface area contributed by atoms with E-state index in [4.69, 9.17) is 17.3 Å². The van der Waals surface area contributed by atoms with Gasteiger partial charge in [0.2, 0.25) is 0 Å². The fourth-order valence-electron chi connectivity index (χ4n) is 4.01. The van der Waals surface area contributed by atoms with E-state index < -0.39 is 23.0 Å². The maximum absolute atomic E-state index is 12.3. The molecule has 0 aromatic carbocycles. The number of carboxylic acid groups (broad SMARTS) is 1. The number of nitrogens with one attached hydrogen (secondary N) is 2. The van der Waals surface area contributed by atoms with E-state index in [2.05, 4.69) is 22.1 Å². The molecule has 1 amide bonds. The first-order valence-electron chi connectivity index (χ1n) is 10.2. The number of hydrogen-bond donors (Lipinski definition) is 4. The number of aliphatic carboxylic acids is 1. The van der Waals surface area contributed by atoms with Gasteiger partial charge in [-0.25, -0.2) is 0 Å². The number of hydrogen-bond acceptors (Lipinski definition) is 5. The lowest BCUT2D eigenvalue weighted by atomic mass is 9.84. The maximum atomic E-state index is 12.3. The Kier molecular flexibility index (Phi) is 8.10. The van der Waals surface area contributed by atoms with Gasteiger partial charge in [0.15, 0.2) is 0 Å². The molecule has 9 heteroatoms. The summed E-state index contributed by atoms with van der Waals surface area (Å²) in [5.74, 6) is -0.985. The van der Waals surface area contributed by atoms with Gasteiger partial charge in [0.1, 0.15) is 16.9 Å². The van der Waals surface area contributed by atoms with E-state index in [-0.39, 0.29) is 22.3 Å². The number of aromatic nitrogens is 1. The quantitative estimate of drug-likeness (QED) is 0.480. The number of likely N-dealkylation sites (tertiary alicyclic amines) is 1. The lowest BCUT2D eigenvalue weighted by Gasteiger charge is -2.44. The molecule has 29 heavy (non-hydrogen) atoms. The number of rotatable bonds is 9. The Hall–Kier alpha value is -2.06. The molecule has 0 spiro atoms. The highest BCUT2D eigenvalue weighted by Crippen LogP contribution is 2.31. The number of aromatic amines is 1. The third kappa shape index (κ3) is 5.30. The Morgan fingerprint density at radius 1 is 1.38 bits per heavy atom. The first-order chi connectivity index (χ1) is 13.7. The van der Waals surface area contributed by atoms with Crippen molar-refractivity contribution in [3.8, 4) is 0 Å². The molecular weight excluding hydrogens is 396 g/mol. The normalized spacial score (nSPS) is 17.6. The van der Waals surface area contributed by atoms with E-state index in [1.165, 1.54) is 6.07 Å². The number of nitrogens with zero attached hydrogens (tertiary/aromatic N) is 1. The highest BCUT2D eigenvalue weighted by atomic mass is 35.5. The van der Waals surface area contributed by atoms with Gasteiger partial charge in [0, 0.05) is 6.54 Å². The second kappa shape index (κ2) is 10.1. The molecule has 1 atom stereocenters. The van der Waals surface area contributed by atoms with Gasteiger partial charge in [-0.3, -0.25) is 19.3 Å². The summed E-state index contributed by atoms with van der Waals surface area (Å²) in [6, 6.07) is 1.27. The van der Waals surface area contributed by atoms with Gasteiger partial charge in [-0.1, -0.05) is 38.3 Å². The molecule has 1 aliphatic rings. The van der Waals surface area contributed by atoms with Gasteiger partial charge < -0.3 is 21.1 Å². The molecule has 1 unspecified atom stereocenters. The zero-order chi connectivity index (χ0) is 21.6. The number of amides is 1. The summed E-state index contributed by atoms with van der Waals surface area (Å²) in [6.07, 6.45) is 4.66. The maximum Gasteiger partial charge on any atom is 0.324 e. The number of anilines is 1. The summed E-state index contributed by atoms with van der Waals surface area (Å²) in [7, 11) is 0. The average molecular weight is 427 g/mol. The van der Waals surface area contributed by atoms with E-state index in [0.717, 1.165) is 25.7 Å². The first kappa shape index (κ1) is 23.2. The number of H-pyrrole nitrogens is 1. The molecule has 5 N–H and O–H groups in total. The van der Waals surface area contributed by atoms with E-state index in [9.17, 15) is 19.5 Å². The number of carbonyl (C=O) groups excluding carboxylic acids is 1. The summed E-state index contributed by atoms with van der Waals surface area (Å²) in [5.41, 5.74) is 4.07. The third-order valence-electron chi connectivity index (χ3n) is 5.96. The highest BCUT2D eigenvalue weighted by Gasteiger charge is 2.43.